The van der Waals surface area contributed by atoms with Crippen LogP contribution in [-0.2, 0) is 6.42 Å². The van der Waals surface area contributed by atoms with Crippen LogP contribution < -0.4 is 5.32 Å². The van der Waals surface area contributed by atoms with Crippen LogP contribution in [0.5, 0.6) is 0 Å². The Kier molecular flexibility index (Phi) is 5.17. The number of hydrogen-bond donors (Lipinski definition) is 1. The lowest BCUT2D eigenvalue weighted by molar-refractivity contribution is 0.460. The molecule has 0 saturated carbocycles. The molecule has 19 heavy (non-hydrogen) atoms. The summed E-state index contributed by atoms with van der Waals surface area (Å²) in [4.78, 5) is 1.42. The van der Waals surface area contributed by atoms with Crippen LogP contribution in [0.2, 0.25) is 0 Å². The van der Waals surface area contributed by atoms with Crippen LogP contribution in [-0.4, -0.2) is 6.04 Å². The molecule has 102 valence electrons. The van der Waals surface area contributed by atoms with Crippen LogP contribution in [0.4, 0.5) is 0 Å². The average Bonchev–Trinajstić information content (AvgIpc) is 2.90. The molecule has 0 aliphatic heterocycles. The number of nitrogens with one attached hydrogen (secondary N) is 1. The van der Waals surface area contributed by atoms with E-state index in [9.17, 15) is 0 Å². The first-order valence-corrected chi connectivity index (χ1v) is 7.88. The van der Waals surface area contributed by atoms with E-state index in [4.69, 9.17) is 0 Å². The molecule has 1 heterocycles. The van der Waals surface area contributed by atoms with Crippen molar-refractivity contribution < 1.29 is 0 Å². The highest BCUT2D eigenvalue weighted by Crippen LogP contribution is 2.19. The third kappa shape index (κ3) is 4.48. The molecule has 0 saturated heterocycles. The van der Waals surface area contributed by atoms with Gasteiger partial charge in [-0.05, 0) is 50.6 Å². The summed E-state index contributed by atoms with van der Waals surface area (Å²) in [5.74, 6) is 0. The van der Waals surface area contributed by atoms with E-state index in [1.807, 2.05) is 11.3 Å². The SMILES string of the molecule is Cc1cccc(CCC(C)N[C@@H](C)c2cccs2)c1. The highest BCUT2D eigenvalue weighted by molar-refractivity contribution is 7.10. The van der Waals surface area contributed by atoms with Gasteiger partial charge >= 0.3 is 0 Å². The summed E-state index contributed by atoms with van der Waals surface area (Å²) in [7, 11) is 0. The van der Waals surface area contributed by atoms with Crippen molar-refractivity contribution in [1.82, 2.24) is 5.32 Å². The van der Waals surface area contributed by atoms with Crippen LogP contribution in [0, 0.1) is 6.92 Å². The Balaban J connectivity index is 1.80. The standard InChI is InChI=1S/C17H23NS/c1-13-6-4-7-16(12-13)10-9-14(2)18-15(3)17-8-5-11-19-17/h4-8,11-12,14-15,18H,9-10H2,1-3H3/t14?,15-/m0/s1. The summed E-state index contributed by atoms with van der Waals surface area (Å²) in [6, 6.07) is 14.1. The first-order chi connectivity index (χ1) is 9.15. The molecular weight excluding hydrogens is 250 g/mol. The third-order valence-corrected chi connectivity index (χ3v) is 4.51. The predicted octanol–water partition coefficient (Wildman–Crippen LogP) is 4.73. The lowest BCUT2D eigenvalue weighted by atomic mass is 10.0. The van der Waals surface area contributed by atoms with Gasteiger partial charge in [0.05, 0.1) is 0 Å². The molecule has 2 aromatic rings. The van der Waals surface area contributed by atoms with Crippen molar-refractivity contribution in [3.05, 3.63) is 57.8 Å². The molecule has 1 nitrogen and oxygen atoms in total. The molecule has 0 spiro atoms. The molecule has 2 atom stereocenters. The van der Waals surface area contributed by atoms with E-state index in [1.54, 1.807) is 0 Å². The van der Waals surface area contributed by atoms with Gasteiger partial charge in [-0.3, -0.25) is 0 Å². The van der Waals surface area contributed by atoms with Crippen molar-refractivity contribution in [2.24, 2.45) is 0 Å². The average molecular weight is 273 g/mol. The van der Waals surface area contributed by atoms with Gasteiger partial charge in [-0.25, -0.2) is 0 Å². The predicted molar refractivity (Wildman–Crippen MR) is 84.8 cm³/mol. The fourth-order valence-electron chi connectivity index (χ4n) is 2.38. The molecule has 1 aromatic carbocycles. The molecule has 0 aliphatic rings. The van der Waals surface area contributed by atoms with Crippen LogP contribution in [0.3, 0.4) is 0 Å². The smallest absolute Gasteiger partial charge is 0.0388 e. The fraction of sp³-hybridized carbons (Fsp3) is 0.412. The van der Waals surface area contributed by atoms with E-state index in [0.29, 0.717) is 12.1 Å². The summed E-state index contributed by atoms with van der Waals surface area (Å²) < 4.78 is 0. The Hall–Kier alpha value is -1.12. The minimum Gasteiger partial charge on any atom is -0.307 e. The second-order valence-corrected chi connectivity index (χ2v) is 6.31. The number of benzene rings is 1. The Morgan fingerprint density at radius 2 is 2.00 bits per heavy atom. The molecule has 1 aromatic heterocycles. The number of thiophene rings is 1. The molecule has 0 bridgehead atoms. The van der Waals surface area contributed by atoms with E-state index in [2.05, 4.69) is 67.9 Å². The van der Waals surface area contributed by atoms with Gasteiger partial charge in [-0.1, -0.05) is 35.9 Å². The van der Waals surface area contributed by atoms with Crippen LogP contribution in [0.1, 0.15) is 42.3 Å². The van der Waals surface area contributed by atoms with Crippen LogP contribution in [0.15, 0.2) is 41.8 Å². The first kappa shape index (κ1) is 14.3. The second-order valence-electron chi connectivity index (χ2n) is 5.33. The van der Waals surface area contributed by atoms with Gasteiger partial charge in [0, 0.05) is 17.0 Å². The second kappa shape index (κ2) is 6.88. The lowest BCUT2D eigenvalue weighted by Crippen LogP contribution is -2.28. The molecule has 0 radical (unpaired) electrons. The molecule has 0 aliphatic carbocycles. The van der Waals surface area contributed by atoms with E-state index >= 15 is 0 Å². The van der Waals surface area contributed by atoms with E-state index < -0.39 is 0 Å². The zero-order chi connectivity index (χ0) is 13.7. The molecular formula is C17H23NS. The summed E-state index contributed by atoms with van der Waals surface area (Å²) >= 11 is 1.83. The molecule has 1 unspecified atom stereocenters. The molecule has 1 N–H and O–H groups in total. The minimum absolute atomic E-state index is 0.451. The van der Waals surface area contributed by atoms with Gasteiger partial charge < -0.3 is 5.32 Å². The maximum Gasteiger partial charge on any atom is 0.0388 e. The van der Waals surface area contributed by atoms with Gasteiger partial charge in [0.2, 0.25) is 0 Å². The molecule has 0 amide bonds. The Morgan fingerprint density at radius 1 is 1.16 bits per heavy atom. The van der Waals surface area contributed by atoms with Crippen molar-refractivity contribution in [1.29, 1.82) is 0 Å². The van der Waals surface area contributed by atoms with Gasteiger partial charge in [0.1, 0.15) is 0 Å². The van der Waals surface area contributed by atoms with Crippen molar-refractivity contribution in [3.8, 4) is 0 Å². The summed E-state index contributed by atoms with van der Waals surface area (Å²) in [6.07, 6.45) is 2.33. The van der Waals surface area contributed by atoms with Gasteiger partial charge in [0.25, 0.3) is 0 Å². The summed E-state index contributed by atoms with van der Waals surface area (Å²) in [5.41, 5.74) is 2.79. The highest BCUT2D eigenvalue weighted by Gasteiger charge is 2.10. The van der Waals surface area contributed by atoms with Crippen molar-refractivity contribution in [3.63, 3.8) is 0 Å². The maximum absolute atomic E-state index is 3.68. The maximum atomic E-state index is 3.68. The first-order valence-electron chi connectivity index (χ1n) is 7.00. The largest absolute Gasteiger partial charge is 0.307 e. The monoisotopic (exact) mass is 273 g/mol. The van der Waals surface area contributed by atoms with Gasteiger partial charge in [0.15, 0.2) is 0 Å². The number of rotatable bonds is 6. The van der Waals surface area contributed by atoms with E-state index in [0.717, 1.165) is 6.42 Å². The molecule has 2 rings (SSSR count). The lowest BCUT2D eigenvalue weighted by Gasteiger charge is -2.19. The summed E-state index contributed by atoms with van der Waals surface area (Å²) in [5, 5.41) is 5.82. The Morgan fingerprint density at radius 3 is 2.68 bits per heavy atom. The summed E-state index contributed by atoms with van der Waals surface area (Å²) in [6.45, 7) is 6.68. The fourth-order valence-corrected chi connectivity index (χ4v) is 3.12. The van der Waals surface area contributed by atoms with Crippen molar-refractivity contribution >= 4 is 11.3 Å². The van der Waals surface area contributed by atoms with Crippen LogP contribution in [0.25, 0.3) is 0 Å². The van der Waals surface area contributed by atoms with Crippen LogP contribution >= 0.6 is 11.3 Å². The topological polar surface area (TPSA) is 12.0 Å². The van der Waals surface area contributed by atoms with E-state index in [1.165, 1.54) is 22.4 Å². The van der Waals surface area contributed by atoms with Gasteiger partial charge in [-0.15, -0.1) is 11.3 Å². The minimum atomic E-state index is 0.451. The number of aryl methyl sites for hydroxylation is 2. The quantitative estimate of drug-likeness (QED) is 0.802. The van der Waals surface area contributed by atoms with Gasteiger partial charge in [-0.2, -0.15) is 0 Å². The Labute approximate surface area is 120 Å². The third-order valence-electron chi connectivity index (χ3n) is 3.45. The normalized spacial score (nSPS) is 14.3. The molecule has 0 fully saturated rings. The van der Waals surface area contributed by atoms with Crippen molar-refractivity contribution in [2.75, 3.05) is 0 Å². The highest BCUT2D eigenvalue weighted by atomic mass is 32.1. The van der Waals surface area contributed by atoms with E-state index in [-0.39, 0.29) is 0 Å². The zero-order valence-corrected chi connectivity index (χ0v) is 12.8. The molecule has 2 heteroatoms. The number of hydrogen-bond acceptors (Lipinski definition) is 2. The Bertz CT molecular complexity index is 490. The van der Waals surface area contributed by atoms with Crippen molar-refractivity contribution in [2.45, 2.75) is 45.7 Å². The zero-order valence-electron chi connectivity index (χ0n) is 12.0.